The Labute approximate surface area is 202 Å². The highest BCUT2D eigenvalue weighted by Crippen LogP contribution is 2.40. The Balaban J connectivity index is 1.55. The minimum absolute atomic E-state index is 0.00748. The molecule has 0 aliphatic carbocycles. The van der Waals surface area contributed by atoms with Gasteiger partial charge >= 0.3 is 0 Å². The highest BCUT2D eigenvalue weighted by Gasteiger charge is 2.25. The van der Waals surface area contributed by atoms with E-state index in [-0.39, 0.29) is 42.7 Å². The van der Waals surface area contributed by atoms with Crippen LogP contribution in [0.1, 0.15) is 5.56 Å². The lowest BCUT2D eigenvalue weighted by Crippen LogP contribution is -2.44. The number of amides is 1. The van der Waals surface area contributed by atoms with Crippen molar-refractivity contribution in [2.45, 2.75) is 6.42 Å². The first kappa shape index (κ1) is 22.5. The second-order valence-electron chi connectivity index (χ2n) is 8.53. The van der Waals surface area contributed by atoms with Crippen LogP contribution in [0.15, 0.2) is 66.7 Å². The van der Waals surface area contributed by atoms with Crippen LogP contribution in [0.4, 0.5) is 0 Å². The van der Waals surface area contributed by atoms with Crippen LogP contribution in [0.3, 0.4) is 0 Å². The normalized spacial score (nSPS) is 15.5. The molecule has 0 radical (unpaired) electrons. The number of aromatic hydroxyl groups is 1. The Morgan fingerprint density at radius 3 is 2.41 bits per heavy atom. The van der Waals surface area contributed by atoms with Crippen molar-refractivity contribution >= 4 is 38.2 Å². The summed E-state index contributed by atoms with van der Waals surface area (Å²) in [6.45, 7) is 0.418. The van der Waals surface area contributed by atoms with Gasteiger partial charge in [0.15, 0.2) is 9.84 Å². The molecule has 1 aromatic heterocycles. The number of hydrogen-bond donors (Lipinski definition) is 2. The van der Waals surface area contributed by atoms with Crippen LogP contribution in [0.5, 0.6) is 5.75 Å². The highest BCUT2D eigenvalue weighted by molar-refractivity contribution is 7.91. The van der Waals surface area contributed by atoms with Crippen molar-refractivity contribution in [3.8, 4) is 28.1 Å². The van der Waals surface area contributed by atoms with Gasteiger partial charge in [-0.25, -0.2) is 8.42 Å². The van der Waals surface area contributed by atoms with E-state index in [1.165, 1.54) is 0 Å². The third-order valence-corrected chi connectivity index (χ3v) is 8.03. The van der Waals surface area contributed by atoms with Crippen LogP contribution in [0.2, 0.25) is 5.02 Å². The van der Waals surface area contributed by atoms with E-state index in [9.17, 15) is 18.3 Å². The van der Waals surface area contributed by atoms with Crippen LogP contribution < -0.4 is 0 Å². The van der Waals surface area contributed by atoms with Crippen molar-refractivity contribution in [3.63, 3.8) is 0 Å². The zero-order valence-electron chi connectivity index (χ0n) is 18.3. The molecule has 34 heavy (non-hydrogen) atoms. The Kier molecular flexibility index (Phi) is 5.83. The molecule has 0 saturated carbocycles. The van der Waals surface area contributed by atoms with Crippen molar-refractivity contribution in [2.75, 3.05) is 24.6 Å². The number of rotatable bonds is 4. The van der Waals surface area contributed by atoms with Crippen molar-refractivity contribution in [1.29, 1.82) is 0 Å². The molecule has 1 amide bonds. The van der Waals surface area contributed by atoms with Crippen LogP contribution >= 0.6 is 11.6 Å². The predicted molar refractivity (Wildman–Crippen MR) is 135 cm³/mol. The number of carbonyl (C=O) groups excluding carboxylic acids is 1. The number of halogens is 1. The molecular formula is C26H23ClN2O4S. The van der Waals surface area contributed by atoms with Gasteiger partial charge in [-0.2, -0.15) is 0 Å². The topological polar surface area (TPSA) is 90.5 Å². The fourth-order valence-corrected chi connectivity index (χ4v) is 5.71. The van der Waals surface area contributed by atoms with E-state index in [1.54, 1.807) is 4.90 Å². The average molecular weight is 495 g/mol. The van der Waals surface area contributed by atoms with E-state index in [0.29, 0.717) is 21.8 Å². The molecule has 0 unspecified atom stereocenters. The lowest BCUT2D eigenvalue weighted by molar-refractivity contribution is -0.130. The van der Waals surface area contributed by atoms with E-state index < -0.39 is 9.84 Å². The molecule has 174 valence electrons. The summed E-state index contributed by atoms with van der Waals surface area (Å²) in [7, 11) is -3.07. The van der Waals surface area contributed by atoms with Gasteiger partial charge in [-0.1, -0.05) is 48.0 Å². The van der Waals surface area contributed by atoms with E-state index in [1.807, 2.05) is 66.7 Å². The quantitative estimate of drug-likeness (QED) is 0.431. The van der Waals surface area contributed by atoms with Crippen LogP contribution in [0, 0.1) is 0 Å². The summed E-state index contributed by atoms with van der Waals surface area (Å²) in [5.41, 5.74) is 4.33. The summed E-state index contributed by atoms with van der Waals surface area (Å²) >= 11 is 6.14. The molecule has 5 rings (SSSR count). The monoisotopic (exact) mass is 494 g/mol. The van der Waals surface area contributed by atoms with Crippen molar-refractivity contribution in [1.82, 2.24) is 9.88 Å². The number of aromatic nitrogens is 1. The number of nitrogens with one attached hydrogen (secondary N) is 1. The molecular weight excluding hydrogens is 472 g/mol. The summed E-state index contributed by atoms with van der Waals surface area (Å²) in [4.78, 5) is 17.9. The number of phenolic OH excluding ortho intramolecular Hbond substituents is 1. The maximum absolute atomic E-state index is 13.0. The van der Waals surface area contributed by atoms with E-state index in [2.05, 4.69) is 4.98 Å². The minimum Gasteiger partial charge on any atom is -0.507 e. The molecule has 0 bridgehead atoms. The summed E-state index contributed by atoms with van der Waals surface area (Å²) in [6, 6.07) is 20.6. The number of benzene rings is 3. The molecule has 1 fully saturated rings. The average Bonchev–Trinajstić information content (AvgIpc) is 3.23. The SMILES string of the molecule is O=C(Cc1cc(-c2ccccc2)c(O)c(-c2cc3ccc(Cl)cc3[nH]2)c1)N1CCS(=O)(=O)CC1. The van der Waals surface area contributed by atoms with Gasteiger partial charge < -0.3 is 15.0 Å². The fraction of sp³-hybridized carbons (Fsp3) is 0.192. The predicted octanol–water partition coefficient (Wildman–Crippen LogP) is 4.66. The Morgan fingerprint density at radius 1 is 0.971 bits per heavy atom. The molecule has 4 aromatic rings. The van der Waals surface area contributed by atoms with Crippen molar-refractivity contribution in [2.24, 2.45) is 0 Å². The van der Waals surface area contributed by atoms with Crippen LogP contribution in [0.25, 0.3) is 33.3 Å². The lowest BCUT2D eigenvalue weighted by atomic mass is 9.95. The fourth-order valence-electron chi connectivity index (χ4n) is 4.33. The Bertz CT molecular complexity index is 1480. The first-order valence-electron chi connectivity index (χ1n) is 11.0. The van der Waals surface area contributed by atoms with Gasteiger partial charge in [0.25, 0.3) is 0 Å². The number of aromatic amines is 1. The molecule has 1 saturated heterocycles. The number of fused-ring (bicyclic) bond motifs is 1. The van der Waals surface area contributed by atoms with Crippen LogP contribution in [-0.4, -0.2) is 53.9 Å². The third kappa shape index (κ3) is 4.54. The molecule has 0 atom stereocenters. The first-order valence-corrected chi connectivity index (χ1v) is 13.2. The van der Waals surface area contributed by atoms with E-state index in [0.717, 1.165) is 22.0 Å². The number of phenols is 1. The third-order valence-electron chi connectivity index (χ3n) is 6.18. The zero-order chi connectivity index (χ0) is 23.9. The molecule has 8 heteroatoms. The Hall–Kier alpha value is -3.29. The van der Waals surface area contributed by atoms with Crippen molar-refractivity contribution < 1.29 is 18.3 Å². The van der Waals surface area contributed by atoms with Gasteiger partial charge in [0.05, 0.1) is 23.6 Å². The minimum atomic E-state index is -3.07. The summed E-state index contributed by atoms with van der Waals surface area (Å²) in [5.74, 6) is -0.0306. The maximum atomic E-state index is 13.0. The number of carbonyl (C=O) groups is 1. The molecule has 1 aliphatic rings. The van der Waals surface area contributed by atoms with Gasteiger partial charge in [-0.05, 0) is 41.5 Å². The summed E-state index contributed by atoms with van der Waals surface area (Å²) in [6.07, 6.45) is 0.110. The second-order valence-corrected chi connectivity index (χ2v) is 11.3. The summed E-state index contributed by atoms with van der Waals surface area (Å²) in [5, 5.41) is 12.8. The number of sulfone groups is 1. The van der Waals surface area contributed by atoms with Gasteiger partial charge in [-0.3, -0.25) is 4.79 Å². The molecule has 2 heterocycles. The van der Waals surface area contributed by atoms with E-state index >= 15 is 0 Å². The number of hydrogen-bond acceptors (Lipinski definition) is 4. The highest BCUT2D eigenvalue weighted by atomic mass is 35.5. The Morgan fingerprint density at radius 2 is 1.68 bits per heavy atom. The van der Waals surface area contributed by atoms with Gasteiger partial charge in [-0.15, -0.1) is 0 Å². The largest absolute Gasteiger partial charge is 0.507 e. The smallest absolute Gasteiger partial charge is 0.227 e. The first-order chi connectivity index (χ1) is 16.3. The second kappa shape index (κ2) is 8.81. The van der Waals surface area contributed by atoms with Gasteiger partial charge in [0.1, 0.15) is 5.75 Å². The molecule has 1 aliphatic heterocycles. The molecule has 0 spiro atoms. The number of nitrogens with zero attached hydrogens (tertiary/aromatic N) is 1. The molecule has 3 aromatic carbocycles. The van der Waals surface area contributed by atoms with Gasteiger partial charge in [0.2, 0.25) is 5.91 Å². The number of H-pyrrole nitrogens is 1. The van der Waals surface area contributed by atoms with E-state index in [4.69, 9.17) is 11.6 Å². The zero-order valence-corrected chi connectivity index (χ0v) is 19.9. The standard InChI is InChI=1S/C26H23ClN2O4S/c27-20-7-6-19-15-24(28-23(19)16-20)22-13-17(12-21(26(22)31)18-4-2-1-3-5-18)14-25(30)29-8-10-34(32,33)11-9-29/h1-7,12-13,15-16,28,31H,8-11,14H2. The summed E-state index contributed by atoms with van der Waals surface area (Å²) < 4.78 is 23.5. The lowest BCUT2D eigenvalue weighted by Gasteiger charge is -2.27. The van der Waals surface area contributed by atoms with Crippen LogP contribution in [-0.2, 0) is 21.1 Å². The van der Waals surface area contributed by atoms with Crippen molar-refractivity contribution in [3.05, 3.63) is 77.3 Å². The molecule has 6 nitrogen and oxygen atoms in total. The molecule has 2 N–H and O–H groups in total. The maximum Gasteiger partial charge on any atom is 0.227 e. The van der Waals surface area contributed by atoms with Gasteiger partial charge in [0, 0.05) is 40.1 Å².